The first kappa shape index (κ1) is 22.8. The van der Waals surface area contributed by atoms with E-state index in [1.54, 1.807) is 24.3 Å². The van der Waals surface area contributed by atoms with E-state index >= 15 is 0 Å². The van der Waals surface area contributed by atoms with Crippen molar-refractivity contribution in [1.82, 2.24) is 9.62 Å². The number of carbonyl (C=O) groups excluding carboxylic acids is 1. The number of morpholine rings is 1. The second kappa shape index (κ2) is 10.8. The molecule has 0 aromatic heterocycles. The molecule has 10 heteroatoms. The van der Waals surface area contributed by atoms with E-state index < -0.39 is 10.0 Å². The smallest absolute Gasteiger partial charge is 0.243 e. The number of methoxy groups -OCH3 is 1. The summed E-state index contributed by atoms with van der Waals surface area (Å²) >= 11 is 0. The molecule has 2 rings (SSSR count). The summed E-state index contributed by atoms with van der Waals surface area (Å²) in [4.78, 5) is 12.1. The van der Waals surface area contributed by atoms with Crippen molar-refractivity contribution < 1.29 is 22.7 Å². The zero-order valence-electron chi connectivity index (χ0n) is 14.7. The van der Waals surface area contributed by atoms with Crippen molar-refractivity contribution in [3.8, 4) is 0 Å². The number of nitrogens with zero attached hydrogens (tertiary/aromatic N) is 1. The number of benzene rings is 1. The number of amides is 1. The molecule has 1 fully saturated rings. The van der Waals surface area contributed by atoms with E-state index in [1.807, 2.05) is 0 Å². The van der Waals surface area contributed by atoms with Crippen LogP contribution >= 0.6 is 12.4 Å². The Morgan fingerprint density at radius 1 is 1.31 bits per heavy atom. The average molecular weight is 408 g/mol. The number of ether oxygens (including phenoxy) is 2. The molecule has 1 amide bonds. The van der Waals surface area contributed by atoms with Crippen molar-refractivity contribution in [2.24, 2.45) is 5.73 Å². The molecule has 26 heavy (non-hydrogen) atoms. The highest BCUT2D eigenvalue weighted by molar-refractivity contribution is 7.89. The van der Waals surface area contributed by atoms with Crippen molar-refractivity contribution >= 4 is 28.3 Å². The van der Waals surface area contributed by atoms with Crippen LogP contribution in [-0.2, 0) is 30.8 Å². The van der Waals surface area contributed by atoms with Crippen LogP contribution in [0.1, 0.15) is 12.0 Å². The van der Waals surface area contributed by atoms with Gasteiger partial charge < -0.3 is 20.5 Å². The summed E-state index contributed by atoms with van der Waals surface area (Å²) in [5.41, 5.74) is 6.30. The monoisotopic (exact) mass is 407 g/mol. The number of hydrogen-bond donors (Lipinski definition) is 2. The van der Waals surface area contributed by atoms with Gasteiger partial charge in [-0.3, -0.25) is 4.79 Å². The number of halogens is 1. The van der Waals surface area contributed by atoms with Gasteiger partial charge in [0.05, 0.1) is 30.6 Å². The fourth-order valence-electron chi connectivity index (χ4n) is 2.46. The van der Waals surface area contributed by atoms with Crippen molar-refractivity contribution in [2.75, 3.05) is 40.0 Å². The topological polar surface area (TPSA) is 111 Å². The Balaban J connectivity index is 0.00000338. The first-order valence-corrected chi connectivity index (χ1v) is 9.57. The number of nitrogens with one attached hydrogen (secondary N) is 1. The van der Waals surface area contributed by atoms with Crippen molar-refractivity contribution in [2.45, 2.75) is 24.0 Å². The lowest BCUT2D eigenvalue weighted by molar-refractivity contribution is -0.123. The predicted molar refractivity (Wildman–Crippen MR) is 99.6 cm³/mol. The standard InChI is InChI=1S/C16H25N3O5S.ClH/c1-23-14(11-17)10-16(20)18-12-13-2-4-15(5-3-13)25(21,22)19-6-8-24-9-7-19;/h2-5,14H,6-12,17H2,1H3,(H,18,20);1H. The molecule has 1 saturated heterocycles. The van der Waals surface area contributed by atoms with Crippen molar-refractivity contribution in [3.63, 3.8) is 0 Å². The van der Waals surface area contributed by atoms with Gasteiger partial charge in [0.1, 0.15) is 0 Å². The fourth-order valence-corrected chi connectivity index (χ4v) is 3.87. The normalized spacial score (nSPS) is 16.5. The van der Waals surface area contributed by atoms with E-state index in [2.05, 4.69) is 5.32 Å². The molecule has 8 nitrogen and oxygen atoms in total. The van der Waals surface area contributed by atoms with Crippen LogP contribution in [0.5, 0.6) is 0 Å². The first-order chi connectivity index (χ1) is 12.0. The summed E-state index contributed by atoms with van der Waals surface area (Å²) in [6.45, 7) is 2.14. The number of nitrogens with two attached hydrogens (primary N) is 1. The molecular formula is C16H26ClN3O5S. The molecule has 0 radical (unpaired) electrons. The van der Waals surface area contributed by atoms with Gasteiger partial charge in [0.15, 0.2) is 0 Å². The fraction of sp³-hybridized carbons (Fsp3) is 0.562. The van der Waals surface area contributed by atoms with Crippen LogP contribution in [0.4, 0.5) is 0 Å². The summed E-state index contributed by atoms with van der Waals surface area (Å²) in [7, 11) is -1.98. The Morgan fingerprint density at radius 3 is 2.46 bits per heavy atom. The molecule has 0 bridgehead atoms. The molecule has 0 saturated carbocycles. The Labute approximate surface area is 160 Å². The summed E-state index contributed by atoms with van der Waals surface area (Å²) in [5.74, 6) is -0.165. The first-order valence-electron chi connectivity index (χ1n) is 8.13. The van der Waals surface area contributed by atoms with Gasteiger partial charge in [0.2, 0.25) is 15.9 Å². The highest BCUT2D eigenvalue weighted by Gasteiger charge is 2.26. The highest BCUT2D eigenvalue weighted by Crippen LogP contribution is 2.17. The molecule has 1 aliphatic heterocycles. The van der Waals surface area contributed by atoms with Crippen LogP contribution in [0.3, 0.4) is 0 Å². The zero-order valence-corrected chi connectivity index (χ0v) is 16.4. The van der Waals surface area contributed by atoms with Gasteiger partial charge >= 0.3 is 0 Å². The lowest BCUT2D eigenvalue weighted by Crippen LogP contribution is -2.40. The van der Waals surface area contributed by atoms with Crippen LogP contribution in [0.25, 0.3) is 0 Å². The van der Waals surface area contributed by atoms with E-state index in [4.69, 9.17) is 15.2 Å². The predicted octanol–water partition coefficient (Wildman–Crippen LogP) is 0.109. The second-order valence-electron chi connectivity index (χ2n) is 5.73. The maximum Gasteiger partial charge on any atom is 0.243 e. The summed E-state index contributed by atoms with van der Waals surface area (Å²) in [6.07, 6.45) is -0.114. The van der Waals surface area contributed by atoms with Crippen LogP contribution in [0.15, 0.2) is 29.2 Å². The molecule has 1 unspecified atom stereocenters. The van der Waals surface area contributed by atoms with E-state index in [-0.39, 0.29) is 42.3 Å². The number of rotatable bonds is 8. The van der Waals surface area contributed by atoms with E-state index in [0.717, 1.165) is 5.56 Å². The SMILES string of the molecule is COC(CN)CC(=O)NCc1ccc(S(=O)(=O)N2CCOCC2)cc1.Cl. The molecule has 0 aliphatic carbocycles. The number of sulfonamides is 1. The molecular weight excluding hydrogens is 382 g/mol. The third-order valence-electron chi connectivity index (χ3n) is 4.03. The van der Waals surface area contributed by atoms with Crippen molar-refractivity contribution in [1.29, 1.82) is 0 Å². The third kappa shape index (κ3) is 6.19. The Bertz CT molecular complexity index is 659. The minimum atomic E-state index is -3.50. The maximum atomic E-state index is 12.5. The summed E-state index contributed by atoms with van der Waals surface area (Å²) < 4.78 is 36.7. The van der Waals surface area contributed by atoms with Gasteiger partial charge in [-0.15, -0.1) is 12.4 Å². The summed E-state index contributed by atoms with van der Waals surface area (Å²) in [6, 6.07) is 6.52. The van der Waals surface area contributed by atoms with E-state index in [1.165, 1.54) is 11.4 Å². The molecule has 148 valence electrons. The number of hydrogen-bond acceptors (Lipinski definition) is 6. The van der Waals surface area contributed by atoms with Crippen LogP contribution in [0, 0.1) is 0 Å². The van der Waals surface area contributed by atoms with E-state index in [0.29, 0.717) is 32.8 Å². The Hall–Kier alpha value is -1.23. The van der Waals surface area contributed by atoms with Crippen LogP contribution < -0.4 is 11.1 Å². The van der Waals surface area contributed by atoms with Gasteiger partial charge in [-0.05, 0) is 17.7 Å². The van der Waals surface area contributed by atoms with Gasteiger partial charge in [-0.1, -0.05) is 12.1 Å². The molecule has 1 aromatic carbocycles. The molecule has 1 heterocycles. The largest absolute Gasteiger partial charge is 0.380 e. The maximum absolute atomic E-state index is 12.5. The second-order valence-corrected chi connectivity index (χ2v) is 7.67. The lowest BCUT2D eigenvalue weighted by atomic mass is 10.2. The molecule has 1 aromatic rings. The minimum Gasteiger partial charge on any atom is -0.380 e. The summed E-state index contributed by atoms with van der Waals surface area (Å²) in [5, 5.41) is 2.77. The third-order valence-corrected chi connectivity index (χ3v) is 5.94. The molecule has 3 N–H and O–H groups in total. The zero-order chi connectivity index (χ0) is 18.3. The van der Waals surface area contributed by atoms with Gasteiger partial charge in [-0.25, -0.2) is 8.42 Å². The Morgan fingerprint density at radius 2 is 1.92 bits per heavy atom. The van der Waals surface area contributed by atoms with Crippen LogP contribution in [-0.4, -0.2) is 64.7 Å². The lowest BCUT2D eigenvalue weighted by Gasteiger charge is -2.26. The molecule has 0 spiro atoms. The van der Waals surface area contributed by atoms with E-state index in [9.17, 15) is 13.2 Å². The molecule has 1 aliphatic rings. The minimum absolute atomic E-state index is 0. The highest BCUT2D eigenvalue weighted by atomic mass is 35.5. The van der Waals surface area contributed by atoms with Gasteiger partial charge in [0.25, 0.3) is 0 Å². The number of carbonyl (C=O) groups is 1. The molecule has 1 atom stereocenters. The van der Waals surface area contributed by atoms with Gasteiger partial charge in [-0.2, -0.15) is 4.31 Å². The Kier molecular flexibility index (Phi) is 9.48. The van der Waals surface area contributed by atoms with Crippen LogP contribution in [0.2, 0.25) is 0 Å². The van der Waals surface area contributed by atoms with Gasteiger partial charge in [0, 0.05) is 33.3 Å². The quantitative estimate of drug-likeness (QED) is 0.632. The average Bonchev–Trinajstić information content (AvgIpc) is 2.65. The van der Waals surface area contributed by atoms with Crippen molar-refractivity contribution in [3.05, 3.63) is 29.8 Å².